The third-order valence-corrected chi connectivity index (χ3v) is 8.02. The van der Waals surface area contributed by atoms with Gasteiger partial charge in [-0.1, -0.05) is 18.2 Å². The molecular weight excluding hydrogens is 464 g/mol. The highest BCUT2D eigenvalue weighted by atomic mass is 32.2. The zero-order valence-corrected chi connectivity index (χ0v) is 19.9. The number of piperidine rings is 2. The van der Waals surface area contributed by atoms with E-state index in [0.29, 0.717) is 30.4 Å². The summed E-state index contributed by atoms with van der Waals surface area (Å²) in [7, 11) is -3.92. The summed E-state index contributed by atoms with van der Waals surface area (Å²) in [5.74, 6) is -1.48. The van der Waals surface area contributed by atoms with Crippen molar-refractivity contribution in [2.75, 3.05) is 26.2 Å². The Morgan fingerprint density at radius 2 is 1.65 bits per heavy atom. The predicted octanol–water partition coefficient (Wildman–Crippen LogP) is 3.68. The fourth-order valence-corrected chi connectivity index (χ4v) is 5.85. The van der Waals surface area contributed by atoms with Crippen molar-refractivity contribution in [3.8, 4) is 5.75 Å². The molecule has 0 saturated carbocycles. The molecule has 0 spiro atoms. The molecule has 0 atom stereocenters. The molecule has 0 radical (unpaired) electrons. The topological polar surface area (TPSA) is 79.0 Å². The minimum atomic E-state index is -3.92. The number of nitrogens with zero attached hydrogens (tertiary/aromatic N) is 2. The standard InChI is InChI=1S/C24H29F2N3O4S/c1-17-4-2-3-5-23(17)34(31,32)27-24(30)29-12-8-18(9-13-29)28-14-10-19(11-15-28)33-20-6-7-21(25)22(26)16-20/h2-7,16,18-19H,8-15H2,1H3,(H,27,30). The van der Waals surface area contributed by atoms with E-state index in [9.17, 15) is 22.0 Å². The highest BCUT2D eigenvalue weighted by Gasteiger charge is 2.31. The Balaban J connectivity index is 1.24. The van der Waals surface area contributed by atoms with Crippen molar-refractivity contribution in [1.82, 2.24) is 14.5 Å². The van der Waals surface area contributed by atoms with Crippen LogP contribution < -0.4 is 9.46 Å². The van der Waals surface area contributed by atoms with Crippen molar-refractivity contribution in [3.05, 3.63) is 59.7 Å². The van der Waals surface area contributed by atoms with Crippen molar-refractivity contribution in [2.24, 2.45) is 0 Å². The summed E-state index contributed by atoms with van der Waals surface area (Å²) in [5.41, 5.74) is 0.582. The smallest absolute Gasteiger partial charge is 0.331 e. The number of nitrogens with one attached hydrogen (secondary N) is 1. The van der Waals surface area contributed by atoms with Gasteiger partial charge in [-0.25, -0.2) is 26.7 Å². The number of ether oxygens (including phenoxy) is 1. The van der Waals surface area contributed by atoms with Gasteiger partial charge in [-0.15, -0.1) is 0 Å². The van der Waals surface area contributed by atoms with E-state index in [1.54, 1.807) is 30.0 Å². The van der Waals surface area contributed by atoms with Gasteiger partial charge in [-0.05, 0) is 56.4 Å². The van der Waals surface area contributed by atoms with E-state index >= 15 is 0 Å². The lowest BCUT2D eigenvalue weighted by molar-refractivity contribution is 0.0538. The number of carbonyl (C=O) groups is 1. The quantitative estimate of drug-likeness (QED) is 0.688. The fourth-order valence-electron chi connectivity index (χ4n) is 4.63. The molecule has 2 aliphatic rings. The van der Waals surface area contributed by atoms with E-state index in [-0.39, 0.29) is 11.0 Å². The lowest BCUT2D eigenvalue weighted by Gasteiger charge is -2.41. The highest BCUT2D eigenvalue weighted by Crippen LogP contribution is 2.25. The number of hydrogen-bond donors (Lipinski definition) is 1. The molecule has 2 aliphatic heterocycles. The van der Waals surface area contributed by atoms with E-state index in [1.807, 2.05) is 0 Å². The van der Waals surface area contributed by atoms with Crippen LogP contribution in [0.25, 0.3) is 0 Å². The molecule has 34 heavy (non-hydrogen) atoms. The molecule has 0 aromatic heterocycles. The van der Waals surface area contributed by atoms with Gasteiger partial charge in [0, 0.05) is 38.3 Å². The Bertz CT molecular complexity index is 1130. The van der Waals surface area contributed by atoms with Gasteiger partial charge in [-0.2, -0.15) is 0 Å². The van der Waals surface area contributed by atoms with Crippen molar-refractivity contribution >= 4 is 16.1 Å². The van der Waals surface area contributed by atoms with Gasteiger partial charge in [0.05, 0.1) is 4.90 Å². The predicted molar refractivity (Wildman–Crippen MR) is 123 cm³/mol. The summed E-state index contributed by atoms with van der Waals surface area (Å²) in [6.45, 7) is 4.27. The maximum Gasteiger partial charge on any atom is 0.331 e. The Kier molecular flexibility index (Phi) is 7.37. The Morgan fingerprint density at radius 1 is 0.971 bits per heavy atom. The van der Waals surface area contributed by atoms with Crippen molar-refractivity contribution in [2.45, 2.75) is 49.6 Å². The van der Waals surface area contributed by atoms with Gasteiger partial charge in [0.1, 0.15) is 11.9 Å². The molecule has 2 heterocycles. The van der Waals surface area contributed by atoms with Crippen LogP contribution in [-0.4, -0.2) is 62.6 Å². The van der Waals surface area contributed by atoms with Crippen molar-refractivity contribution in [1.29, 1.82) is 0 Å². The van der Waals surface area contributed by atoms with Crippen LogP contribution in [0.4, 0.5) is 13.6 Å². The number of urea groups is 1. The lowest BCUT2D eigenvalue weighted by Crippen LogP contribution is -2.52. The summed E-state index contributed by atoms with van der Waals surface area (Å²) >= 11 is 0. The van der Waals surface area contributed by atoms with Gasteiger partial charge in [0.25, 0.3) is 10.0 Å². The molecule has 10 heteroatoms. The van der Waals surface area contributed by atoms with Gasteiger partial charge in [0.15, 0.2) is 11.6 Å². The normalized spacial score (nSPS) is 18.6. The average molecular weight is 494 g/mol. The van der Waals surface area contributed by atoms with Gasteiger partial charge in [0.2, 0.25) is 0 Å². The van der Waals surface area contributed by atoms with Crippen LogP contribution in [0.15, 0.2) is 47.4 Å². The minimum Gasteiger partial charge on any atom is -0.490 e. The van der Waals surface area contributed by atoms with E-state index in [0.717, 1.165) is 50.9 Å². The summed E-state index contributed by atoms with van der Waals surface area (Å²) in [4.78, 5) is 16.6. The van der Waals surface area contributed by atoms with Crippen LogP contribution in [0.1, 0.15) is 31.2 Å². The van der Waals surface area contributed by atoms with Crippen LogP contribution >= 0.6 is 0 Å². The van der Waals surface area contributed by atoms with Gasteiger partial charge in [-0.3, -0.25) is 4.90 Å². The second kappa shape index (κ2) is 10.3. The SMILES string of the molecule is Cc1ccccc1S(=O)(=O)NC(=O)N1CCC(N2CCC(Oc3ccc(F)c(F)c3)CC2)CC1. The second-order valence-corrected chi connectivity index (χ2v) is 10.5. The molecule has 2 saturated heterocycles. The average Bonchev–Trinajstić information content (AvgIpc) is 2.82. The minimum absolute atomic E-state index is 0.0568. The molecule has 0 bridgehead atoms. The monoisotopic (exact) mass is 493 g/mol. The van der Waals surface area contributed by atoms with Gasteiger partial charge < -0.3 is 9.64 Å². The Hall–Kier alpha value is -2.72. The third kappa shape index (κ3) is 5.67. The molecule has 2 fully saturated rings. The van der Waals surface area contributed by atoms with E-state index in [2.05, 4.69) is 9.62 Å². The van der Waals surface area contributed by atoms with E-state index in [1.165, 1.54) is 12.1 Å². The molecule has 2 aromatic rings. The van der Waals surface area contributed by atoms with Crippen LogP contribution in [0.2, 0.25) is 0 Å². The van der Waals surface area contributed by atoms with Crippen LogP contribution in [-0.2, 0) is 10.0 Å². The number of amides is 2. The number of hydrogen-bond acceptors (Lipinski definition) is 5. The number of aryl methyl sites for hydroxylation is 1. The number of sulfonamides is 1. The molecule has 7 nitrogen and oxygen atoms in total. The lowest BCUT2D eigenvalue weighted by atomic mass is 9.99. The molecule has 1 N–H and O–H groups in total. The molecule has 0 aliphatic carbocycles. The first-order valence-electron chi connectivity index (χ1n) is 11.5. The maximum absolute atomic E-state index is 13.4. The van der Waals surface area contributed by atoms with Crippen LogP contribution in [0, 0.1) is 18.6 Å². The summed E-state index contributed by atoms with van der Waals surface area (Å²) in [6, 6.07) is 9.83. The molecular formula is C24H29F2N3O4S. The number of carbonyl (C=O) groups excluding carboxylic acids is 1. The Labute approximate surface area is 198 Å². The first kappa shape index (κ1) is 24.4. The number of rotatable bonds is 5. The van der Waals surface area contributed by atoms with E-state index in [4.69, 9.17) is 4.74 Å². The van der Waals surface area contributed by atoms with Gasteiger partial charge >= 0.3 is 6.03 Å². The zero-order valence-electron chi connectivity index (χ0n) is 19.0. The van der Waals surface area contributed by atoms with Crippen LogP contribution in [0.3, 0.4) is 0 Å². The molecule has 4 rings (SSSR count). The van der Waals surface area contributed by atoms with E-state index < -0.39 is 27.7 Å². The zero-order chi connectivity index (χ0) is 24.3. The molecule has 0 unspecified atom stereocenters. The fraction of sp³-hybridized carbons (Fsp3) is 0.458. The first-order chi connectivity index (χ1) is 16.2. The summed E-state index contributed by atoms with van der Waals surface area (Å²) in [5, 5.41) is 0. The summed E-state index contributed by atoms with van der Waals surface area (Å²) < 4.78 is 59.7. The molecule has 184 valence electrons. The molecule has 2 aromatic carbocycles. The first-order valence-corrected chi connectivity index (χ1v) is 12.9. The largest absolute Gasteiger partial charge is 0.490 e. The number of likely N-dealkylation sites (tertiary alicyclic amines) is 2. The van der Waals surface area contributed by atoms with Crippen LogP contribution in [0.5, 0.6) is 5.75 Å². The Morgan fingerprint density at radius 3 is 2.29 bits per heavy atom. The number of halogens is 2. The van der Waals surface area contributed by atoms with Crippen molar-refractivity contribution < 1.29 is 26.7 Å². The molecule has 2 amide bonds. The number of benzene rings is 2. The highest BCUT2D eigenvalue weighted by molar-refractivity contribution is 7.90. The third-order valence-electron chi connectivity index (χ3n) is 6.54. The van der Waals surface area contributed by atoms with Crippen molar-refractivity contribution in [3.63, 3.8) is 0 Å². The second-order valence-electron chi connectivity index (χ2n) is 8.82. The maximum atomic E-state index is 13.4. The summed E-state index contributed by atoms with van der Waals surface area (Å²) in [6.07, 6.45) is 3.00.